The predicted molar refractivity (Wildman–Crippen MR) is 50.8 cm³/mol. The number of carbonyl (C=O) groups is 1. The van der Waals surface area contributed by atoms with Gasteiger partial charge in [0.1, 0.15) is 6.04 Å². The Kier molecular flexibility index (Phi) is 5.56. The molecule has 0 aromatic carbocycles. The Balaban J connectivity index is 3.88. The van der Waals surface area contributed by atoms with Gasteiger partial charge in [-0.15, -0.1) is 0 Å². The van der Waals surface area contributed by atoms with Gasteiger partial charge in [0.05, 0.1) is 11.8 Å². The van der Waals surface area contributed by atoms with Gasteiger partial charge in [-0.05, 0) is 12.2 Å². The van der Waals surface area contributed by atoms with Gasteiger partial charge in [-0.25, -0.2) is 0 Å². The van der Waals surface area contributed by atoms with Crippen LogP contribution in [0.3, 0.4) is 0 Å². The second kappa shape index (κ2) is 5.90. The highest BCUT2D eigenvalue weighted by atomic mass is 32.2. The molecule has 12 heavy (non-hydrogen) atoms. The zero-order valence-electron chi connectivity index (χ0n) is 7.63. The first-order valence-electron chi connectivity index (χ1n) is 3.79. The first-order valence-corrected chi connectivity index (χ1v) is 5.19. The molecule has 1 atom stereocenters. The highest BCUT2D eigenvalue weighted by molar-refractivity contribution is 7.99. The van der Waals surface area contributed by atoms with Crippen molar-refractivity contribution in [3.8, 4) is 6.07 Å². The Morgan fingerprint density at radius 2 is 2.25 bits per heavy atom. The van der Waals surface area contributed by atoms with Crippen LogP contribution in [0.25, 0.3) is 0 Å². The molecule has 0 saturated heterocycles. The minimum Gasteiger partial charge on any atom is -0.339 e. The molecular weight excluding hydrogens is 172 g/mol. The van der Waals surface area contributed by atoms with Crippen molar-refractivity contribution in [3.63, 3.8) is 0 Å². The van der Waals surface area contributed by atoms with Gasteiger partial charge in [0.15, 0.2) is 0 Å². The van der Waals surface area contributed by atoms with Crippen LogP contribution in [0.5, 0.6) is 0 Å². The lowest BCUT2D eigenvalue weighted by Gasteiger charge is -2.13. The Morgan fingerprint density at radius 3 is 2.58 bits per heavy atom. The van der Waals surface area contributed by atoms with E-state index in [0.717, 1.165) is 0 Å². The van der Waals surface area contributed by atoms with Gasteiger partial charge in [0.25, 0.3) is 0 Å². The third kappa shape index (κ3) is 4.24. The summed E-state index contributed by atoms with van der Waals surface area (Å²) in [5.41, 5.74) is 0. The molecule has 0 aromatic rings. The van der Waals surface area contributed by atoms with Crippen LogP contribution in [-0.2, 0) is 4.79 Å². The van der Waals surface area contributed by atoms with Gasteiger partial charge in [0, 0.05) is 0 Å². The molecule has 0 aromatic heterocycles. The van der Waals surface area contributed by atoms with Crippen molar-refractivity contribution < 1.29 is 4.79 Å². The maximum atomic E-state index is 11.0. The first kappa shape index (κ1) is 11.3. The van der Waals surface area contributed by atoms with Crippen molar-refractivity contribution in [3.05, 3.63) is 0 Å². The summed E-state index contributed by atoms with van der Waals surface area (Å²) >= 11 is 1.45. The Morgan fingerprint density at radius 1 is 1.67 bits per heavy atom. The van der Waals surface area contributed by atoms with Gasteiger partial charge < -0.3 is 5.32 Å². The van der Waals surface area contributed by atoms with Crippen molar-refractivity contribution >= 4 is 17.7 Å². The molecule has 0 rings (SSSR count). The quantitative estimate of drug-likeness (QED) is 0.713. The van der Waals surface area contributed by atoms with Crippen molar-refractivity contribution in [2.24, 2.45) is 5.92 Å². The van der Waals surface area contributed by atoms with Gasteiger partial charge in [-0.2, -0.15) is 17.0 Å². The molecule has 0 aliphatic heterocycles. The molecule has 0 radical (unpaired) electrons. The number of amides is 1. The summed E-state index contributed by atoms with van der Waals surface area (Å²) in [4.78, 5) is 11.0. The monoisotopic (exact) mass is 186 g/mol. The first-order chi connectivity index (χ1) is 5.61. The third-order valence-corrected chi connectivity index (χ3v) is 1.95. The molecule has 0 saturated carbocycles. The molecule has 0 fully saturated rings. The second-order valence-corrected chi connectivity index (χ2v) is 3.72. The molecule has 4 heteroatoms. The fourth-order valence-electron chi connectivity index (χ4n) is 0.694. The molecule has 1 amide bonds. The fraction of sp³-hybridized carbons (Fsp3) is 0.750. The average molecular weight is 186 g/mol. The molecule has 0 aliphatic carbocycles. The van der Waals surface area contributed by atoms with E-state index in [4.69, 9.17) is 5.26 Å². The van der Waals surface area contributed by atoms with Gasteiger partial charge >= 0.3 is 0 Å². The smallest absolute Gasteiger partial charge is 0.231 e. The molecule has 0 aliphatic rings. The number of rotatable bonds is 4. The van der Waals surface area contributed by atoms with E-state index in [2.05, 4.69) is 5.32 Å². The fourth-order valence-corrected chi connectivity index (χ4v) is 1.04. The zero-order chi connectivity index (χ0) is 9.56. The van der Waals surface area contributed by atoms with Crippen molar-refractivity contribution in [2.75, 3.05) is 12.0 Å². The molecule has 1 unspecified atom stereocenters. The summed E-state index contributed by atoms with van der Waals surface area (Å²) in [6, 6.07) is 1.69. The van der Waals surface area contributed by atoms with Crippen LogP contribution in [0.4, 0.5) is 0 Å². The number of carbonyl (C=O) groups excluding carboxylic acids is 1. The molecule has 1 N–H and O–H groups in total. The highest BCUT2D eigenvalue weighted by Gasteiger charge is 2.13. The third-order valence-electron chi connectivity index (χ3n) is 1.40. The topological polar surface area (TPSA) is 52.9 Å². The van der Waals surface area contributed by atoms with Crippen LogP contribution >= 0.6 is 11.8 Å². The minimum absolute atomic E-state index is 0.0669. The average Bonchev–Trinajstić information content (AvgIpc) is 2.00. The number of nitrogens with zero attached hydrogens (tertiary/aromatic N) is 1. The number of nitriles is 1. The standard InChI is InChI=1S/C8H14N2OS/c1-6(2)7(4-9)10-8(11)5-12-3/h6-7H,5H2,1-3H3,(H,10,11). The van der Waals surface area contributed by atoms with Crippen LogP contribution in [0, 0.1) is 17.2 Å². The van der Waals surface area contributed by atoms with E-state index in [1.165, 1.54) is 11.8 Å². The van der Waals surface area contributed by atoms with Gasteiger partial charge in [-0.3, -0.25) is 4.79 Å². The molecule has 3 nitrogen and oxygen atoms in total. The van der Waals surface area contributed by atoms with E-state index in [1.54, 1.807) is 0 Å². The molecule has 0 heterocycles. The molecular formula is C8H14N2OS. The van der Waals surface area contributed by atoms with Crippen molar-refractivity contribution in [1.82, 2.24) is 5.32 Å². The lowest BCUT2D eigenvalue weighted by atomic mass is 10.1. The van der Waals surface area contributed by atoms with Gasteiger partial charge in [-0.1, -0.05) is 13.8 Å². The van der Waals surface area contributed by atoms with Crippen LogP contribution in [0.15, 0.2) is 0 Å². The van der Waals surface area contributed by atoms with E-state index < -0.39 is 0 Å². The van der Waals surface area contributed by atoms with Crippen LogP contribution in [-0.4, -0.2) is 24.0 Å². The Hall–Kier alpha value is -0.690. The zero-order valence-corrected chi connectivity index (χ0v) is 8.44. The summed E-state index contributed by atoms with van der Waals surface area (Å²) < 4.78 is 0. The van der Waals surface area contributed by atoms with Crippen LogP contribution < -0.4 is 5.32 Å². The summed E-state index contributed by atoms with van der Waals surface area (Å²) in [6.45, 7) is 3.82. The van der Waals surface area contributed by atoms with E-state index in [1.807, 2.05) is 26.2 Å². The molecule has 0 spiro atoms. The van der Waals surface area contributed by atoms with Crippen LogP contribution in [0.1, 0.15) is 13.8 Å². The number of hydrogen-bond acceptors (Lipinski definition) is 3. The lowest BCUT2D eigenvalue weighted by Crippen LogP contribution is -2.38. The Bertz CT molecular complexity index is 186. The van der Waals surface area contributed by atoms with E-state index in [9.17, 15) is 4.79 Å². The normalized spacial score (nSPS) is 12.2. The predicted octanol–water partition coefficient (Wildman–Crippen LogP) is 1.01. The maximum Gasteiger partial charge on any atom is 0.231 e. The largest absolute Gasteiger partial charge is 0.339 e. The maximum absolute atomic E-state index is 11.0. The van der Waals surface area contributed by atoms with E-state index in [0.29, 0.717) is 5.75 Å². The summed E-state index contributed by atoms with van der Waals surface area (Å²) in [7, 11) is 0. The van der Waals surface area contributed by atoms with Crippen LogP contribution in [0.2, 0.25) is 0 Å². The number of hydrogen-bond donors (Lipinski definition) is 1. The van der Waals surface area contributed by atoms with Gasteiger partial charge in [0.2, 0.25) is 5.91 Å². The number of thioether (sulfide) groups is 1. The number of nitrogens with one attached hydrogen (secondary N) is 1. The summed E-state index contributed by atoms with van der Waals surface area (Å²) in [5.74, 6) is 0.522. The summed E-state index contributed by atoms with van der Waals surface area (Å²) in [6.07, 6.45) is 1.86. The highest BCUT2D eigenvalue weighted by Crippen LogP contribution is 2.00. The minimum atomic E-state index is -0.357. The van der Waals surface area contributed by atoms with Crippen molar-refractivity contribution in [2.45, 2.75) is 19.9 Å². The Labute approximate surface area is 77.5 Å². The second-order valence-electron chi connectivity index (χ2n) is 2.85. The SMILES string of the molecule is CSCC(=O)NC(C#N)C(C)C. The molecule has 0 bridgehead atoms. The van der Waals surface area contributed by atoms with Crippen molar-refractivity contribution in [1.29, 1.82) is 5.26 Å². The van der Waals surface area contributed by atoms with E-state index in [-0.39, 0.29) is 17.9 Å². The molecule has 68 valence electrons. The van der Waals surface area contributed by atoms with E-state index >= 15 is 0 Å². The lowest BCUT2D eigenvalue weighted by molar-refractivity contribution is -0.119. The summed E-state index contributed by atoms with van der Waals surface area (Å²) in [5, 5.41) is 11.3.